The molecule has 0 aliphatic heterocycles. The van der Waals surface area contributed by atoms with E-state index in [0.717, 1.165) is 19.6 Å². The molecule has 1 nitrogen and oxygen atoms in total. The third-order valence-corrected chi connectivity index (χ3v) is 2.69. The summed E-state index contributed by atoms with van der Waals surface area (Å²) in [5.74, 6) is 0. The molecule has 0 aliphatic carbocycles. The molecule has 2 aromatic rings. The second-order valence-electron chi connectivity index (χ2n) is 2.19. The Morgan fingerprint density at radius 3 is 2.82 bits per heavy atom. The van der Waals surface area contributed by atoms with Gasteiger partial charge in [0.15, 0.2) is 0 Å². The lowest BCUT2D eigenvalue weighted by Crippen LogP contribution is -1.71. The highest BCUT2D eigenvalue weighted by molar-refractivity contribution is 14.1. The maximum absolute atomic E-state index is 5.91. The number of halogens is 2. The summed E-state index contributed by atoms with van der Waals surface area (Å²) < 4.78 is 6.33. The fourth-order valence-corrected chi connectivity index (χ4v) is 1.80. The van der Waals surface area contributed by atoms with Crippen molar-refractivity contribution in [2.24, 2.45) is 0 Å². The molecule has 2 rings (SSSR count). The van der Waals surface area contributed by atoms with Gasteiger partial charge in [0, 0.05) is 5.39 Å². The molecule has 56 valence electrons. The molecule has 0 amide bonds. The quantitative estimate of drug-likeness (QED) is 0.670. The average Bonchev–Trinajstić information content (AvgIpc) is 2.45. The van der Waals surface area contributed by atoms with Gasteiger partial charge in [0.05, 0.1) is 14.9 Å². The summed E-state index contributed by atoms with van der Waals surface area (Å²) in [6.07, 6.45) is 1.65. The van der Waals surface area contributed by atoms with E-state index in [1.807, 2.05) is 18.2 Å². The summed E-state index contributed by atoms with van der Waals surface area (Å²) in [5, 5.41) is 1.73. The van der Waals surface area contributed by atoms with Crippen LogP contribution in [-0.4, -0.2) is 0 Å². The molecule has 11 heavy (non-hydrogen) atoms. The van der Waals surface area contributed by atoms with E-state index in [9.17, 15) is 0 Å². The predicted molar refractivity (Wildman–Crippen MR) is 53.9 cm³/mol. The molecule has 0 fully saturated rings. The number of hydrogen-bond donors (Lipinski definition) is 0. The number of benzene rings is 1. The van der Waals surface area contributed by atoms with E-state index in [4.69, 9.17) is 16.0 Å². The van der Waals surface area contributed by atoms with E-state index in [2.05, 4.69) is 22.6 Å². The van der Waals surface area contributed by atoms with Gasteiger partial charge in [0.25, 0.3) is 0 Å². The monoisotopic (exact) mass is 278 g/mol. The molecule has 0 saturated heterocycles. The van der Waals surface area contributed by atoms with Gasteiger partial charge in [-0.3, -0.25) is 0 Å². The molecule has 1 heterocycles. The summed E-state index contributed by atoms with van der Waals surface area (Å²) in [6.45, 7) is 0. The zero-order valence-electron chi connectivity index (χ0n) is 5.47. The Morgan fingerprint density at radius 1 is 1.27 bits per heavy atom. The van der Waals surface area contributed by atoms with Gasteiger partial charge >= 0.3 is 0 Å². The Bertz CT molecular complexity index is 358. The van der Waals surface area contributed by atoms with E-state index in [0.29, 0.717) is 0 Å². The normalized spacial score (nSPS) is 10.7. The van der Waals surface area contributed by atoms with Crippen LogP contribution in [0.3, 0.4) is 0 Å². The maximum Gasteiger partial charge on any atom is 0.148 e. The molecule has 0 aliphatic rings. The molecule has 0 bridgehead atoms. The first-order chi connectivity index (χ1) is 5.29. The Kier molecular flexibility index (Phi) is 1.81. The smallest absolute Gasteiger partial charge is 0.148 e. The van der Waals surface area contributed by atoms with Gasteiger partial charge in [-0.05, 0) is 40.8 Å². The predicted octanol–water partition coefficient (Wildman–Crippen LogP) is 3.69. The highest BCUT2D eigenvalue weighted by Crippen LogP contribution is 2.27. The van der Waals surface area contributed by atoms with Crippen LogP contribution in [0.15, 0.2) is 28.9 Å². The summed E-state index contributed by atoms with van der Waals surface area (Å²) >= 11 is 8.13. The summed E-state index contributed by atoms with van der Waals surface area (Å²) in [5.41, 5.74) is 0.873. The Morgan fingerprint density at radius 2 is 2.09 bits per heavy atom. The van der Waals surface area contributed by atoms with Gasteiger partial charge in [0.1, 0.15) is 5.58 Å². The molecule has 0 spiro atoms. The number of furan rings is 1. The highest BCUT2D eigenvalue weighted by Gasteiger charge is 2.04. The second kappa shape index (κ2) is 2.68. The minimum absolute atomic E-state index is 0.745. The maximum atomic E-state index is 5.91. The first-order valence-corrected chi connectivity index (χ1v) is 4.56. The van der Waals surface area contributed by atoms with Crippen LogP contribution < -0.4 is 0 Å². The van der Waals surface area contributed by atoms with Gasteiger partial charge in [0.2, 0.25) is 0 Å². The standard InChI is InChI=1S/C8H4ClIO/c9-6-1-2-7(10)8-5(6)3-4-11-8/h1-4H. The van der Waals surface area contributed by atoms with Crippen molar-refractivity contribution in [1.29, 1.82) is 0 Å². The summed E-state index contributed by atoms with van der Waals surface area (Å²) in [4.78, 5) is 0. The highest BCUT2D eigenvalue weighted by atomic mass is 127. The van der Waals surface area contributed by atoms with Gasteiger partial charge in [-0.2, -0.15) is 0 Å². The van der Waals surface area contributed by atoms with Crippen LogP contribution in [0, 0.1) is 3.57 Å². The van der Waals surface area contributed by atoms with Crippen molar-refractivity contribution in [3.05, 3.63) is 33.1 Å². The van der Waals surface area contributed by atoms with Crippen LogP contribution in [0.1, 0.15) is 0 Å². The van der Waals surface area contributed by atoms with Crippen LogP contribution >= 0.6 is 34.2 Å². The van der Waals surface area contributed by atoms with Crippen LogP contribution in [0.4, 0.5) is 0 Å². The van der Waals surface area contributed by atoms with E-state index in [-0.39, 0.29) is 0 Å². The second-order valence-corrected chi connectivity index (χ2v) is 3.76. The zero-order valence-corrected chi connectivity index (χ0v) is 8.39. The first-order valence-electron chi connectivity index (χ1n) is 3.10. The van der Waals surface area contributed by atoms with E-state index >= 15 is 0 Å². The molecule has 1 aromatic heterocycles. The van der Waals surface area contributed by atoms with Crippen molar-refractivity contribution in [3.8, 4) is 0 Å². The topological polar surface area (TPSA) is 13.1 Å². The first kappa shape index (κ1) is 7.43. The third kappa shape index (κ3) is 1.14. The fourth-order valence-electron chi connectivity index (χ4n) is 0.994. The molecule has 0 unspecified atom stereocenters. The fraction of sp³-hybridized carbons (Fsp3) is 0. The van der Waals surface area contributed by atoms with E-state index < -0.39 is 0 Å². The van der Waals surface area contributed by atoms with Gasteiger partial charge in [-0.25, -0.2) is 0 Å². The minimum Gasteiger partial charge on any atom is -0.463 e. The number of fused-ring (bicyclic) bond motifs is 1. The van der Waals surface area contributed by atoms with Gasteiger partial charge in [-0.15, -0.1) is 0 Å². The summed E-state index contributed by atoms with van der Waals surface area (Å²) in [6, 6.07) is 5.69. The molecule has 0 N–H and O–H groups in total. The van der Waals surface area contributed by atoms with Gasteiger partial charge < -0.3 is 4.42 Å². The molecule has 0 radical (unpaired) electrons. The molecule has 0 saturated carbocycles. The average molecular weight is 278 g/mol. The van der Waals surface area contributed by atoms with Crippen LogP contribution in [-0.2, 0) is 0 Å². The largest absolute Gasteiger partial charge is 0.463 e. The molecule has 1 aromatic carbocycles. The van der Waals surface area contributed by atoms with Crippen molar-refractivity contribution < 1.29 is 4.42 Å². The van der Waals surface area contributed by atoms with Crippen molar-refractivity contribution in [1.82, 2.24) is 0 Å². The van der Waals surface area contributed by atoms with Crippen molar-refractivity contribution in [2.75, 3.05) is 0 Å². The Hall–Kier alpha value is -0.220. The minimum atomic E-state index is 0.745. The zero-order chi connectivity index (χ0) is 7.84. The molecular formula is C8H4ClIO. The third-order valence-electron chi connectivity index (χ3n) is 1.52. The van der Waals surface area contributed by atoms with E-state index in [1.54, 1.807) is 6.26 Å². The Balaban J connectivity index is 2.96. The molecule has 0 atom stereocenters. The lowest BCUT2D eigenvalue weighted by Gasteiger charge is -1.93. The van der Waals surface area contributed by atoms with Crippen molar-refractivity contribution >= 4 is 45.2 Å². The lowest BCUT2D eigenvalue weighted by atomic mass is 10.3. The number of hydrogen-bond acceptors (Lipinski definition) is 1. The lowest BCUT2D eigenvalue weighted by molar-refractivity contribution is 0.614. The summed E-state index contributed by atoms with van der Waals surface area (Å²) in [7, 11) is 0. The van der Waals surface area contributed by atoms with E-state index in [1.165, 1.54) is 0 Å². The molecular weight excluding hydrogens is 274 g/mol. The van der Waals surface area contributed by atoms with Crippen LogP contribution in [0.2, 0.25) is 5.02 Å². The van der Waals surface area contributed by atoms with Crippen molar-refractivity contribution in [2.45, 2.75) is 0 Å². The van der Waals surface area contributed by atoms with Crippen LogP contribution in [0.5, 0.6) is 0 Å². The number of rotatable bonds is 0. The van der Waals surface area contributed by atoms with Gasteiger partial charge in [-0.1, -0.05) is 11.6 Å². The Labute approximate surface area is 82.5 Å². The van der Waals surface area contributed by atoms with Crippen molar-refractivity contribution in [3.63, 3.8) is 0 Å². The molecule has 3 heteroatoms. The SMILES string of the molecule is Clc1ccc(I)c2occc12. The van der Waals surface area contributed by atoms with Crippen LogP contribution in [0.25, 0.3) is 11.0 Å².